The van der Waals surface area contributed by atoms with Crippen molar-refractivity contribution in [1.82, 2.24) is 0 Å². The molecule has 0 aliphatic heterocycles. The summed E-state index contributed by atoms with van der Waals surface area (Å²) in [6.45, 7) is 0. The second-order valence-electron chi connectivity index (χ2n) is 2.58. The predicted octanol–water partition coefficient (Wildman–Crippen LogP) is 1.40. The van der Waals surface area contributed by atoms with Crippen LogP contribution in [0, 0.1) is 0 Å². The van der Waals surface area contributed by atoms with Gasteiger partial charge >= 0.3 is 0 Å². The molecule has 1 amide bonds. The Morgan fingerprint density at radius 2 is 2.08 bits per heavy atom. The first-order valence-corrected chi connectivity index (χ1v) is 4.04. The number of ketones is 1. The molecular weight excluding hydrogens is 190 g/mol. The molecule has 0 bridgehead atoms. The highest BCUT2D eigenvalue weighted by Gasteiger charge is 2.08. The van der Waals surface area contributed by atoms with Gasteiger partial charge in [0.2, 0.25) is 5.91 Å². The highest BCUT2D eigenvalue weighted by atomic mass is 35.5. The molecule has 0 aromatic heterocycles. The largest absolute Gasteiger partial charge is 0.369 e. The van der Waals surface area contributed by atoms with Crippen LogP contribution in [0.3, 0.4) is 0 Å². The number of halogens is 1. The summed E-state index contributed by atoms with van der Waals surface area (Å²) < 4.78 is 0. The summed E-state index contributed by atoms with van der Waals surface area (Å²) >= 11 is 5.66. The van der Waals surface area contributed by atoms with Crippen molar-refractivity contribution >= 4 is 23.3 Å². The summed E-state index contributed by atoms with van der Waals surface area (Å²) in [6, 6.07) is 6.41. The molecule has 0 fully saturated rings. The van der Waals surface area contributed by atoms with Crippen LogP contribution < -0.4 is 5.73 Å². The van der Waals surface area contributed by atoms with Gasteiger partial charge in [0.05, 0.1) is 6.42 Å². The molecular formula is C9H8ClNO2. The lowest BCUT2D eigenvalue weighted by molar-refractivity contribution is -0.117. The fourth-order valence-electron chi connectivity index (χ4n) is 0.922. The molecule has 0 heterocycles. The monoisotopic (exact) mass is 197 g/mol. The number of rotatable bonds is 3. The van der Waals surface area contributed by atoms with E-state index in [1.165, 1.54) is 6.07 Å². The van der Waals surface area contributed by atoms with Crippen LogP contribution in [0.25, 0.3) is 0 Å². The van der Waals surface area contributed by atoms with Gasteiger partial charge in [-0.3, -0.25) is 9.59 Å². The molecule has 0 unspecified atom stereocenters. The second-order valence-corrected chi connectivity index (χ2v) is 3.01. The number of primary amides is 1. The van der Waals surface area contributed by atoms with Crippen LogP contribution in [0.4, 0.5) is 0 Å². The molecule has 1 aromatic carbocycles. The van der Waals surface area contributed by atoms with Crippen LogP contribution in [0.5, 0.6) is 0 Å². The lowest BCUT2D eigenvalue weighted by atomic mass is 10.1. The van der Waals surface area contributed by atoms with Crippen molar-refractivity contribution in [2.75, 3.05) is 0 Å². The van der Waals surface area contributed by atoms with Crippen molar-refractivity contribution in [2.24, 2.45) is 5.73 Å². The first kappa shape index (κ1) is 9.74. The van der Waals surface area contributed by atoms with Crippen molar-refractivity contribution in [2.45, 2.75) is 6.42 Å². The zero-order chi connectivity index (χ0) is 9.84. The summed E-state index contributed by atoms with van der Waals surface area (Å²) in [5, 5.41) is 0.468. The molecule has 0 spiro atoms. The molecule has 13 heavy (non-hydrogen) atoms. The topological polar surface area (TPSA) is 60.2 Å². The zero-order valence-electron chi connectivity index (χ0n) is 6.79. The summed E-state index contributed by atoms with van der Waals surface area (Å²) in [5.74, 6) is -0.944. The Morgan fingerprint density at radius 1 is 1.38 bits per heavy atom. The minimum absolute atomic E-state index is 0.277. The van der Waals surface area contributed by atoms with Gasteiger partial charge in [-0.2, -0.15) is 0 Å². The van der Waals surface area contributed by atoms with E-state index in [1.807, 2.05) is 0 Å². The van der Waals surface area contributed by atoms with Gasteiger partial charge in [0.1, 0.15) is 0 Å². The molecule has 0 aliphatic rings. The van der Waals surface area contributed by atoms with E-state index in [9.17, 15) is 9.59 Å². The van der Waals surface area contributed by atoms with E-state index in [0.717, 1.165) is 0 Å². The average Bonchev–Trinajstić information content (AvgIpc) is 2.03. The van der Waals surface area contributed by atoms with E-state index in [4.69, 9.17) is 17.3 Å². The number of carbonyl (C=O) groups excluding carboxylic acids is 2. The summed E-state index contributed by atoms with van der Waals surface area (Å²) in [4.78, 5) is 21.7. The highest BCUT2D eigenvalue weighted by Crippen LogP contribution is 2.11. The first-order chi connectivity index (χ1) is 6.09. The Hall–Kier alpha value is -1.35. The van der Waals surface area contributed by atoms with Crippen LogP contribution in [0.1, 0.15) is 16.8 Å². The Balaban J connectivity index is 2.83. The van der Waals surface area contributed by atoms with E-state index in [1.54, 1.807) is 18.2 Å². The number of amides is 1. The molecule has 68 valence electrons. The maximum atomic E-state index is 11.2. The quantitative estimate of drug-likeness (QED) is 0.588. The van der Waals surface area contributed by atoms with Gasteiger partial charge in [0.15, 0.2) is 5.78 Å². The molecule has 1 aromatic rings. The van der Waals surface area contributed by atoms with E-state index < -0.39 is 5.91 Å². The van der Waals surface area contributed by atoms with Gasteiger partial charge in [-0.05, 0) is 12.1 Å². The van der Waals surface area contributed by atoms with Gasteiger partial charge in [-0.15, -0.1) is 0 Å². The molecule has 1 rings (SSSR count). The zero-order valence-corrected chi connectivity index (χ0v) is 7.54. The van der Waals surface area contributed by atoms with E-state index in [-0.39, 0.29) is 12.2 Å². The number of hydrogen-bond acceptors (Lipinski definition) is 2. The smallest absolute Gasteiger partial charge is 0.225 e. The molecule has 0 radical (unpaired) electrons. The van der Waals surface area contributed by atoms with Crippen LogP contribution in [0.15, 0.2) is 24.3 Å². The Kier molecular flexibility index (Phi) is 3.03. The summed E-state index contributed by atoms with van der Waals surface area (Å²) in [6.07, 6.45) is -0.277. The minimum atomic E-state index is -0.634. The number of nitrogens with two attached hydrogens (primary N) is 1. The first-order valence-electron chi connectivity index (χ1n) is 3.66. The van der Waals surface area contributed by atoms with E-state index in [0.29, 0.717) is 10.6 Å². The molecule has 3 nitrogen and oxygen atoms in total. The molecule has 0 saturated heterocycles. The maximum absolute atomic E-state index is 11.2. The molecule has 2 N–H and O–H groups in total. The summed E-state index contributed by atoms with van der Waals surface area (Å²) in [5.41, 5.74) is 5.28. The molecule has 0 saturated carbocycles. The highest BCUT2D eigenvalue weighted by molar-refractivity contribution is 6.31. The SMILES string of the molecule is NC(=O)CC(=O)c1cccc(Cl)c1. The number of benzene rings is 1. The minimum Gasteiger partial charge on any atom is -0.369 e. The molecule has 0 aliphatic carbocycles. The fraction of sp³-hybridized carbons (Fsp3) is 0.111. The van der Waals surface area contributed by atoms with E-state index >= 15 is 0 Å². The normalized spacial score (nSPS) is 9.62. The average molecular weight is 198 g/mol. The van der Waals surface area contributed by atoms with Crippen molar-refractivity contribution in [3.8, 4) is 0 Å². The van der Waals surface area contributed by atoms with Crippen molar-refractivity contribution in [1.29, 1.82) is 0 Å². The standard InChI is InChI=1S/C9H8ClNO2/c10-7-3-1-2-6(4-7)8(12)5-9(11)13/h1-4H,5H2,(H2,11,13). The number of Topliss-reactive ketones (excluding diaryl/α,β-unsaturated/α-hetero) is 1. The van der Waals surface area contributed by atoms with Crippen LogP contribution in [-0.4, -0.2) is 11.7 Å². The van der Waals surface area contributed by atoms with Gasteiger partial charge in [-0.1, -0.05) is 23.7 Å². The van der Waals surface area contributed by atoms with Gasteiger partial charge in [-0.25, -0.2) is 0 Å². The van der Waals surface area contributed by atoms with Crippen molar-refractivity contribution < 1.29 is 9.59 Å². The molecule has 0 atom stereocenters. The summed E-state index contributed by atoms with van der Waals surface area (Å²) in [7, 11) is 0. The Bertz CT molecular complexity index is 349. The van der Waals surface area contributed by atoms with Crippen molar-refractivity contribution in [3.05, 3.63) is 34.9 Å². The fourth-order valence-corrected chi connectivity index (χ4v) is 1.11. The Morgan fingerprint density at radius 3 is 2.62 bits per heavy atom. The van der Waals surface area contributed by atoms with Gasteiger partial charge in [0.25, 0.3) is 0 Å². The van der Waals surface area contributed by atoms with Gasteiger partial charge in [0, 0.05) is 10.6 Å². The number of hydrogen-bond donors (Lipinski definition) is 1. The predicted molar refractivity (Wildman–Crippen MR) is 49.6 cm³/mol. The van der Waals surface area contributed by atoms with E-state index in [2.05, 4.69) is 0 Å². The maximum Gasteiger partial charge on any atom is 0.225 e. The lowest BCUT2D eigenvalue weighted by Crippen LogP contribution is -2.16. The lowest BCUT2D eigenvalue weighted by Gasteiger charge is -1.97. The van der Waals surface area contributed by atoms with Crippen LogP contribution >= 0.6 is 11.6 Å². The third kappa shape index (κ3) is 2.87. The second kappa shape index (κ2) is 4.05. The van der Waals surface area contributed by atoms with Gasteiger partial charge < -0.3 is 5.73 Å². The molecule has 4 heteroatoms. The third-order valence-corrected chi connectivity index (χ3v) is 1.72. The van der Waals surface area contributed by atoms with Crippen molar-refractivity contribution in [3.63, 3.8) is 0 Å². The Labute approximate surface area is 80.5 Å². The number of carbonyl (C=O) groups is 2. The van der Waals surface area contributed by atoms with Crippen LogP contribution in [0.2, 0.25) is 5.02 Å². The third-order valence-electron chi connectivity index (χ3n) is 1.48. The van der Waals surface area contributed by atoms with Crippen LogP contribution in [-0.2, 0) is 4.79 Å².